The Morgan fingerprint density at radius 2 is 0.434 bits per heavy atom. The monoisotopic (exact) mass is 1140 g/mol. The largest absolute Gasteiger partial charge is 0.462 e. The molecule has 0 saturated heterocycles. The van der Waals surface area contributed by atoms with Gasteiger partial charge < -0.3 is 14.2 Å². The lowest BCUT2D eigenvalue weighted by Gasteiger charge is -2.18. The molecule has 6 heteroatoms. The van der Waals surface area contributed by atoms with Crippen molar-refractivity contribution in [1.29, 1.82) is 0 Å². The number of carbonyl (C=O) groups excluding carboxylic acids is 3. The zero-order chi connectivity index (χ0) is 59.9. The van der Waals surface area contributed by atoms with E-state index in [1.807, 2.05) is 0 Å². The van der Waals surface area contributed by atoms with Crippen LogP contribution in [0.3, 0.4) is 0 Å². The van der Waals surface area contributed by atoms with Crippen LogP contribution in [0.1, 0.15) is 290 Å². The molecule has 0 heterocycles. The zero-order valence-electron chi connectivity index (χ0n) is 53.7. The highest BCUT2D eigenvalue weighted by molar-refractivity contribution is 5.71. The second-order valence-electron chi connectivity index (χ2n) is 21.9. The normalized spacial score (nSPS) is 13.1. The Bertz CT molecular complexity index is 1840. The minimum Gasteiger partial charge on any atom is -0.462 e. The van der Waals surface area contributed by atoms with Crippen molar-refractivity contribution in [2.24, 2.45) is 0 Å². The molecular weight excluding hydrogens is 1020 g/mol. The third-order valence-corrected chi connectivity index (χ3v) is 14.0. The van der Waals surface area contributed by atoms with E-state index in [1.165, 1.54) is 89.9 Å². The minimum atomic E-state index is -0.814. The minimum absolute atomic E-state index is 0.104. The van der Waals surface area contributed by atoms with Gasteiger partial charge >= 0.3 is 17.9 Å². The van der Waals surface area contributed by atoms with Crippen molar-refractivity contribution in [3.05, 3.63) is 158 Å². The third-order valence-electron chi connectivity index (χ3n) is 14.0. The summed E-state index contributed by atoms with van der Waals surface area (Å²) in [5.41, 5.74) is 0. The first-order valence-corrected chi connectivity index (χ1v) is 34.0. The van der Waals surface area contributed by atoms with Gasteiger partial charge in [-0.05, 0) is 141 Å². The van der Waals surface area contributed by atoms with Crippen LogP contribution in [0, 0.1) is 0 Å². The molecule has 0 radical (unpaired) electrons. The van der Waals surface area contributed by atoms with E-state index in [-0.39, 0.29) is 31.1 Å². The smallest absolute Gasteiger partial charge is 0.306 e. The van der Waals surface area contributed by atoms with Gasteiger partial charge in [0.1, 0.15) is 13.2 Å². The van der Waals surface area contributed by atoms with Crippen LogP contribution in [0.4, 0.5) is 0 Å². The van der Waals surface area contributed by atoms with Gasteiger partial charge in [-0.2, -0.15) is 0 Å². The molecule has 0 aromatic heterocycles. The summed E-state index contributed by atoms with van der Waals surface area (Å²) in [4.78, 5) is 38.4. The molecule has 6 nitrogen and oxygen atoms in total. The van der Waals surface area contributed by atoms with Gasteiger partial charge in [-0.15, -0.1) is 0 Å². The van der Waals surface area contributed by atoms with Crippen molar-refractivity contribution in [2.45, 2.75) is 297 Å². The highest BCUT2D eigenvalue weighted by Gasteiger charge is 2.19. The molecular formula is C77H124O6. The molecule has 0 N–H and O–H groups in total. The molecule has 0 bridgehead atoms. The first kappa shape index (κ1) is 78.0. The van der Waals surface area contributed by atoms with Crippen molar-refractivity contribution in [2.75, 3.05) is 13.2 Å². The van der Waals surface area contributed by atoms with Gasteiger partial charge in [0, 0.05) is 19.3 Å². The maximum absolute atomic E-state index is 12.9. The number of unbranched alkanes of at least 4 members (excludes halogenated alkanes) is 23. The van der Waals surface area contributed by atoms with Crippen LogP contribution < -0.4 is 0 Å². The molecule has 0 aliphatic rings. The number of carbonyl (C=O) groups is 3. The lowest BCUT2D eigenvalue weighted by molar-refractivity contribution is -0.167. The summed E-state index contributed by atoms with van der Waals surface area (Å²) in [6.45, 7) is 6.26. The summed E-state index contributed by atoms with van der Waals surface area (Å²) in [6.07, 6.45) is 101. The van der Waals surface area contributed by atoms with Crippen LogP contribution in [0.15, 0.2) is 158 Å². The van der Waals surface area contributed by atoms with Crippen LogP contribution in [0.5, 0.6) is 0 Å². The molecule has 0 aliphatic carbocycles. The van der Waals surface area contributed by atoms with Crippen molar-refractivity contribution in [1.82, 2.24) is 0 Å². The molecule has 0 fully saturated rings. The van der Waals surface area contributed by atoms with Gasteiger partial charge in [-0.25, -0.2) is 0 Å². The molecule has 0 amide bonds. The Labute approximate surface area is 511 Å². The number of hydrogen-bond acceptors (Lipinski definition) is 6. The van der Waals surface area contributed by atoms with Gasteiger partial charge in [-0.1, -0.05) is 288 Å². The van der Waals surface area contributed by atoms with Crippen molar-refractivity contribution in [3.8, 4) is 0 Å². The quantitative estimate of drug-likeness (QED) is 0.0261. The average molecular weight is 1150 g/mol. The predicted molar refractivity (Wildman–Crippen MR) is 362 cm³/mol. The number of esters is 3. The van der Waals surface area contributed by atoms with Crippen LogP contribution >= 0.6 is 0 Å². The fourth-order valence-electron chi connectivity index (χ4n) is 9.04. The molecule has 468 valence electrons. The van der Waals surface area contributed by atoms with Crippen molar-refractivity contribution < 1.29 is 28.6 Å². The summed E-state index contributed by atoms with van der Waals surface area (Å²) in [5.74, 6) is -0.964. The summed E-state index contributed by atoms with van der Waals surface area (Å²) < 4.78 is 16.9. The number of ether oxygens (including phenoxy) is 3. The summed E-state index contributed by atoms with van der Waals surface area (Å²) >= 11 is 0. The Morgan fingerprint density at radius 1 is 0.241 bits per heavy atom. The van der Waals surface area contributed by atoms with E-state index >= 15 is 0 Å². The molecule has 83 heavy (non-hydrogen) atoms. The first-order valence-electron chi connectivity index (χ1n) is 34.0. The Morgan fingerprint density at radius 3 is 0.699 bits per heavy atom. The van der Waals surface area contributed by atoms with E-state index in [1.54, 1.807) is 0 Å². The summed E-state index contributed by atoms with van der Waals surface area (Å²) in [6, 6.07) is 0. The first-order chi connectivity index (χ1) is 41.0. The number of rotatable bonds is 60. The Hall–Kier alpha value is -4.97. The van der Waals surface area contributed by atoms with Gasteiger partial charge in [0.2, 0.25) is 0 Å². The van der Waals surface area contributed by atoms with Crippen LogP contribution in [-0.2, 0) is 28.6 Å². The standard InChI is InChI=1S/C77H124O6/c1-4-7-10-13-16-19-22-25-28-30-32-34-35-36-37-38-39-40-41-43-44-46-49-52-55-58-61-64-67-70-76(79)82-73-74(72-81-75(78)69-66-63-60-57-54-51-48-27-24-21-18-15-12-9-6-3)83-77(80)71-68-65-62-59-56-53-50-47-45-42-33-31-29-26-23-20-17-14-11-8-5-2/h7-12,16-21,25-29,32-34,42,47-48,50,54,57,74H,4-6,13-15,22-24,30-31,35-41,43-46,49,51-53,55-56,58-73H2,1-3H3/b10-7-,11-8-,12-9-,19-16-,20-17-,21-18-,28-25-,29-26-,34-32-,42-33-,48-27-,50-47-,57-54-. The van der Waals surface area contributed by atoms with E-state index in [0.717, 1.165) is 154 Å². The topological polar surface area (TPSA) is 78.9 Å². The molecule has 1 unspecified atom stereocenters. The van der Waals surface area contributed by atoms with Gasteiger partial charge in [0.05, 0.1) is 0 Å². The van der Waals surface area contributed by atoms with Crippen molar-refractivity contribution in [3.63, 3.8) is 0 Å². The molecule has 0 saturated carbocycles. The SMILES string of the molecule is CC/C=C\C/C=C\C/C=C\C/C=C\C/C=C\CCCCCCCC(=O)OC(COC(=O)CCCC/C=C\C/C=C\C/C=C\C/C=C\CC)COC(=O)CCCCCCCCCCCCCCCCCC/C=C\C/C=C\C/C=C\C/C=C\CC. The van der Waals surface area contributed by atoms with E-state index in [4.69, 9.17) is 14.2 Å². The number of allylic oxidation sites excluding steroid dienone is 26. The van der Waals surface area contributed by atoms with Gasteiger partial charge in [0.25, 0.3) is 0 Å². The highest BCUT2D eigenvalue weighted by atomic mass is 16.6. The van der Waals surface area contributed by atoms with Gasteiger partial charge in [-0.3, -0.25) is 14.4 Å². The second kappa shape index (κ2) is 69.5. The van der Waals surface area contributed by atoms with Crippen LogP contribution in [0.25, 0.3) is 0 Å². The molecule has 1 atom stereocenters. The Kier molecular flexibility index (Phi) is 65.4. The lowest BCUT2D eigenvalue weighted by Crippen LogP contribution is -2.30. The second-order valence-corrected chi connectivity index (χ2v) is 21.9. The van der Waals surface area contributed by atoms with Gasteiger partial charge in [0.15, 0.2) is 6.10 Å². The lowest BCUT2D eigenvalue weighted by atomic mass is 10.0. The van der Waals surface area contributed by atoms with Crippen LogP contribution in [-0.4, -0.2) is 37.2 Å². The molecule has 0 aromatic rings. The molecule has 0 rings (SSSR count). The average Bonchev–Trinajstić information content (AvgIpc) is 3.49. The number of hydrogen-bond donors (Lipinski definition) is 0. The Balaban J connectivity index is 4.37. The molecule has 0 aliphatic heterocycles. The third kappa shape index (κ3) is 67.7. The van der Waals surface area contributed by atoms with Crippen LogP contribution in [0.2, 0.25) is 0 Å². The maximum atomic E-state index is 12.9. The highest BCUT2D eigenvalue weighted by Crippen LogP contribution is 2.16. The van der Waals surface area contributed by atoms with E-state index in [2.05, 4.69) is 179 Å². The fourth-order valence-corrected chi connectivity index (χ4v) is 9.04. The molecule has 0 aromatic carbocycles. The maximum Gasteiger partial charge on any atom is 0.306 e. The fraction of sp³-hybridized carbons (Fsp3) is 0.623. The van der Waals surface area contributed by atoms with Crippen molar-refractivity contribution >= 4 is 17.9 Å². The summed E-state index contributed by atoms with van der Waals surface area (Å²) in [7, 11) is 0. The predicted octanol–water partition coefficient (Wildman–Crippen LogP) is 23.7. The van der Waals surface area contributed by atoms with E-state index < -0.39 is 6.10 Å². The van der Waals surface area contributed by atoms with E-state index in [9.17, 15) is 14.4 Å². The zero-order valence-corrected chi connectivity index (χ0v) is 53.7. The molecule has 0 spiro atoms. The summed E-state index contributed by atoms with van der Waals surface area (Å²) in [5, 5.41) is 0. The van der Waals surface area contributed by atoms with E-state index in [0.29, 0.717) is 25.7 Å².